The molecule has 0 spiro atoms. The van der Waals surface area contributed by atoms with E-state index in [2.05, 4.69) is 20.8 Å². The number of hydrogen-bond acceptors (Lipinski definition) is 5. The first-order chi connectivity index (χ1) is 14.7. The van der Waals surface area contributed by atoms with Crippen LogP contribution in [0.5, 0.6) is 0 Å². The zero-order chi connectivity index (χ0) is 22.5. The second kappa shape index (κ2) is 10.6. The van der Waals surface area contributed by atoms with Gasteiger partial charge in [-0.2, -0.15) is 0 Å². The van der Waals surface area contributed by atoms with Crippen LogP contribution in [-0.4, -0.2) is 32.3 Å². The summed E-state index contributed by atoms with van der Waals surface area (Å²) in [5.74, 6) is -0.0399. The fourth-order valence-corrected chi connectivity index (χ4v) is 4.02. The van der Waals surface area contributed by atoms with Gasteiger partial charge in [-0.15, -0.1) is 10.2 Å². The number of halogens is 4. The highest BCUT2D eigenvalue weighted by molar-refractivity contribution is 7.99. The van der Waals surface area contributed by atoms with Gasteiger partial charge >= 0.3 is 0 Å². The largest absolute Gasteiger partial charge is 0.345 e. The summed E-state index contributed by atoms with van der Waals surface area (Å²) in [4.78, 5) is 24.6. The van der Waals surface area contributed by atoms with Gasteiger partial charge in [0.05, 0.1) is 33.6 Å². The van der Waals surface area contributed by atoms with Crippen LogP contribution in [0.15, 0.2) is 41.6 Å². The molecule has 3 rings (SSSR count). The maximum absolute atomic E-state index is 12.3. The lowest BCUT2D eigenvalue weighted by molar-refractivity contribution is -0.113. The van der Waals surface area contributed by atoms with Gasteiger partial charge in [0, 0.05) is 17.1 Å². The van der Waals surface area contributed by atoms with E-state index in [1.807, 2.05) is 0 Å². The normalized spacial score (nSPS) is 10.7. The minimum atomic E-state index is -0.364. The lowest BCUT2D eigenvalue weighted by Crippen LogP contribution is -2.24. The number of aromatic nitrogens is 3. The molecule has 7 nitrogen and oxygen atoms in total. The van der Waals surface area contributed by atoms with E-state index in [1.165, 1.54) is 17.8 Å². The van der Waals surface area contributed by atoms with Crippen molar-refractivity contribution in [2.75, 3.05) is 11.1 Å². The van der Waals surface area contributed by atoms with E-state index < -0.39 is 0 Å². The third-order valence-electron chi connectivity index (χ3n) is 4.04. The van der Waals surface area contributed by atoms with Crippen molar-refractivity contribution in [1.29, 1.82) is 0 Å². The SMILES string of the molecule is Cn1c(CNC(=O)c2ccc(Cl)cc2Cl)nnc1SCC(=O)Nc1cc(Cl)ccc1Cl. The van der Waals surface area contributed by atoms with Gasteiger partial charge in [0.25, 0.3) is 5.91 Å². The van der Waals surface area contributed by atoms with Crippen molar-refractivity contribution < 1.29 is 9.59 Å². The average Bonchev–Trinajstić information content (AvgIpc) is 3.07. The second-order valence-electron chi connectivity index (χ2n) is 6.23. The molecule has 0 radical (unpaired) electrons. The Hall–Kier alpha value is -1.97. The summed E-state index contributed by atoms with van der Waals surface area (Å²) < 4.78 is 1.69. The van der Waals surface area contributed by atoms with Crippen molar-refractivity contribution in [2.24, 2.45) is 7.05 Å². The van der Waals surface area contributed by atoms with E-state index in [-0.39, 0.29) is 29.1 Å². The molecule has 0 unspecified atom stereocenters. The molecule has 0 aliphatic heterocycles. The molecule has 0 aliphatic rings. The highest BCUT2D eigenvalue weighted by atomic mass is 35.5. The number of hydrogen-bond donors (Lipinski definition) is 2. The highest BCUT2D eigenvalue weighted by Crippen LogP contribution is 2.26. The molecular formula is C19H15Cl4N5O2S. The average molecular weight is 519 g/mol. The minimum Gasteiger partial charge on any atom is -0.345 e. The molecule has 1 heterocycles. The van der Waals surface area contributed by atoms with Gasteiger partial charge in [0.1, 0.15) is 0 Å². The minimum absolute atomic E-state index is 0.0849. The summed E-state index contributed by atoms with van der Waals surface area (Å²) in [6.45, 7) is 0.131. The Morgan fingerprint density at radius 2 is 1.71 bits per heavy atom. The zero-order valence-corrected chi connectivity index (χ0v) is 19.8. The molecule has 0 aliphatic carbocycles. The lowest BCUT2D eigenvalue weighted by Gasteiger charge is -2.08. The van der Waals surface area contributed by atoms with Crippen LogP contribution in [-0.2, 0) is 18.4 Å². The third-order valence-corrected chi connectivity index (χ3v) is 6.18. The second-order valence-corrected chi connectivity index (χ2v) is 8.86. The maximum atomic E-state index is 12.3. The number of rotatable bonds is 7. The number of carbonyl (C=O) groups is 2. The Labute approximate surface area is 202 Å². The summed E-state index contributed by atoms with van der Waals surface area (Å²) in [6, 6.07) is 9.44. The van der Waals surface area contributed by atoms with Crippen molar-refractivity contribution in [1.82, 2.24) is 20.1 Å². The van der Waals surface area contributed by atoms with Crippen LogP contribution in [0.3, 0.4) is 0 Å². The number of anilines is 1. The molecule has 31 heavy (non-hydrogen) atoms. The van der Waals surface area contributed by atoms with E-state index in [0.717, 1.165) is 0 Å². The molecule has 2 aromatic carbocycles. The van der Waals surface area contributed by atoms with E-state index >= 15 is 0 Å². The number of amides is 2. The predicted molar refractivity (Wildman–Crippen MR) is 124 cm³/mol. The monoisotopic (exact) mass is 517 g/mol. The first-order valence-corrected chi connectivity index (χ1v) is 11.2. The zero-order valence-electron chi connectivity index (χ0n) is 16.0. The smallest absolute Gasteiger partial charge is 0.253 e. The van der Waals surface area contributed by atoms with Crippen LogP contribution >= 0.6 is 58.2 Å². The molecule has 1 aromatic heterocycles. The van der Waals surface area contributed by atoms with Gasteiger partial charge in [0.2, 0.25) is 5.91 Å². The van der Waals surface area contributed by atoms with Gasteiger partial charge in [-0.3, -0.25) is 9.59 Å². The van der Waals surface area contributed by atoms with Crippen molar-refractivity contribution in [2.45, 2.75) is 11.7 Å². The number of benzene rings is 2. The van der Waals surface area contributed by atoms with Crippen LogP contribution in [0.25, 0.3) is 0 Å². The van der Waals surface area contributed by atoms with Crippen LogP contribution in [0, 0.1) is 0 Å². The third kappa shape index (κ3) is 6.27. The van der Waals surface area contributed by atoms with Crippen molar-refractivity contribution in [3.05, 3.63) is 67.9 Å². The summed E-state index contributed by atoms with van der Waals surface area (Å²) in [6.07, 6.45) is 0. The van der Waals surface area contributed by atoms with Crippen molar-refractivity contribution >= 4 is 75.7 Å². The summed E-state index contributed by atoms with van der Waals surface area (Å²) in [7, 11) is 1.74. The molecule has 0 bridgehead atoms. The first kappa shape index (κ1) is 23.7. The molecule has 0 fully saturated rings. The predicted octanol–water partition coefficient (Wildman–Crippen LogP) is 5.09. The van der Waals surface area contributed by atoms with E-state index in [1.54, 1.807) is 41.9 Å². The molecule has 0 atom stereocenters. The Morgan fingerprint density at radius 1 is 1.00 bits per heavy atom. The van der Waals surface area contributed by atoms with Crippen LogP contribution < -0.4 is 10.6 Å². The Bertz CT molecular complexity index is 1140. The standard InChI is InChI=1S/C19H15Cl4N5O2S/c1-28-16(8-24-18(30)12-4-2-10(20)6-14(12)23)26-27-19(28)31-9-17(29)25-15-7-11(21)3-5-13(15)22/h2-7H,8-9H2,1H3,(H,24,30)(H,25,29). The first-order valence-electron chi connectivity index (χ1n) is 8.74. The Morgan fingerprint density at radius 3 is 2.45 bits per heavy atom. The van der Waals surface area contributed by atoms with Crippen LogP contribution in [0.1, 0.15) is 16.2 Å². The Balaban J connectivity index is 1.55. The number of thioether (sulfide) groups is 1. The highest BCUT2D eigenvalue weighted by Gasteiger charge is 2.15. The summed E-state index contributed by atoms with van der Waals surface area (Å²) in [5, 5.41) is 15.6. The van der Waals surface area contributed by atoms with Crippen LogP contribution in [0.2, 0.25) is 20.1 Å². The number of nitrogens with zero attached hydrogens (tertiary/aromatic N) is 3. The van der Waals surface area contributed by atoms with Crippen LogP contribution in [0.4, 0.5) is 5.69 Å². The lowest BCUT2D eigenvalue weighted by atomic mass is 10.2. The molecule has 2 amide bonds. The topological polar surface area (TPSA) is 88.9 Å². The van der Waals surface area contributed by atoms with E-state index in [9.17, 15) is 9.59 Å². The van der Waals surface area contributed by atoms with Gasteiger partial charge in [-0.05, 0) is 36.4 Å². The molecular weight excluding hydrogens is 504 g/mol. The molecule has 0 saturated heterocycles. The fourth-order valence-electron chi connectivity index (χ4n) is 2.46. The quantitative estimate of drug-likeness (QED) is 0.425. The summed E-state index contributed by atoms with van der Waals surface area (Å²) >= 11 is 25.1. The fraction of sp³-hybridized carbons (Fsp3) is 0.158. The van der Waals surface area contributed by atoms with E-state index in [0.29, 0.717) is 37.3 Å². The van der Waals surface area contributed by atoms with Gasteiger partial charge in [-0.1, -0.05) is 58.2 Å². The number of carbonyl (C=O) groups excluding carboxylic acids is 2. The van der Waals surface area contributed by atoms with E-state index in [4.69, 9.17) is 46.4 Å². The van der Waals surface area contributed by atoms with Gasteiger partial charge in [-0.25, -0.2) is 0 Å². The number of nitrogens with one attached hydrogen (secondary N) is 2. The molecule has 12 heteroatoms. The molecule has 0 saturated carbocycles. The van der Waals surface area contributed by atoms with Crippen molar-refractivity contribution in [3.8, 4) is 0 Å². The van der Waals surface area contributed by atoms with Crippen molar-refractivity contribution in [3.63, 3.8) is 0 Å². The molecule has 2 N–H and O–H groups in total. The maximum Gasteiger partial charge on any atom is 0.253 e. The van der Waals surface area contributed by atoms with Gasteiger partial charge < -0.3 is 15.2 Å². The Kier molecular flexibility index (Phi) is 8.07. The summed E-state index contributed by atoms with van der Waals surface area (Å²) in [5.41, 5.74) is 0.737. The molecule has 162 valence electrons. The molecule has 3 aromatic rings. The van der Waals surface area contributed by atoms with Gasteiger partial charge in [0.15, 0.2) is 11.0 Å².